The van der Waals surface area contributed by atoms with Gasteiger partial charge < -0.3 is 9.72 Å². The molecule has 0 aliphatic rings. The number of aryl methyl sites for hydroxylation is 3. The maximum Gasteiger partial charge on any atom is 0.254 e. The van der Waals surface area contributed by atoms with Crippen molar-refractivity contribution in [2.24, 2.45) is 0 Å². The number of carbonyl (C=O) groups is 1. The van der Waals surface area contributed by atoms with Crippen molar-refractivity contribution in [2.45, 2.75) is 20.8 Å². The Bertz CT molecular complexity index is 928. The van der Waals surface area contributed by atoms with E-state index in [0.717, 1.165) is 28.2 Å². The summed E-state index contributed by atoms with van der Waals surface area (Å²) in [5, 5.41) is 2.45. The smallest absolute Gasteiger partial charge is 0.254 e. The average molecular weight is 311 g/mol. The fourth-order valence-electron chi connectivity index (χ4n) is 2.77. The van der Waals surface area contributed by atoms with E-state index in [1.807, 2.05) is 43.5 Å². The topological polar surface area (TPSA) is 46.4 Å². The van der Waals surface area contributed by atoms with Gasteiger partial charge in [0.1, 0.15) is 11.5 Å². The Morgan fingerprint density at radius 3 is 2.65 bits per heavy atom. The lowest BCUT2D eigenvalue weighted by Gasteiger charge is -2.08. The minimum Gasteiger partial charge on any atom is -0.355 e. The van der Waals surface area contributed by atoms with Crippen LogP contribution in [0, 0.1) is 26.6 Å². The Labute approximate surface area is 134 Å². The zero-order valence-electron chi connectivity index (χ0n) is 13.6. The fraction of sp³-hybridized carbons (Fsp3) is 0.222. The third-order valence-corrected chi connectivity index (χ3v) is 4.06. The summed E-state index contributed by atoms with van der Waals surface area (Å²) >= 11 is 0. The number of carbonyl (C=O) groups excluding carboxylic acids is 1. The lowest BCUT2D eigenvalue weighted by Crippen LogP contribution is -2.19. The third kappa shape index (κ3) is 2.48. The van der Waals surface area contributed by atoms with Crippen LogP contribution in [-0.2, 0) is 0 Å². The average Bonchev–Trinajstić information content (AvgIpc) is 2.84. The van der Waals surface area contributed by atoms with Crippen molar-refractivity contribution >= 4 is 11.6 Å². The SMILES string of the molecule is CNC(=O)c1cc(C)c(-c2nc3cc(C)ccn3c2C)cc1F. The van der Waals surface area contributed by atoms with Gasteiger partial charge in [-0.05, 0) is 56.2 Å². The van der Waals surface area contributed by atoms with Gasteiger partial charge in [-0.2, -0.15) is 0 Å². The van der Waals surface area contributed by atoms with E-state index in [4.69, 9.17) is 0 Å². The Morgan fingerprint density at radius 1 is 1.22 bits per heavy atom. The molecule has 0 atom stereocenters. The predicted molar refractivity (Wildman–Crippen MR) is 88.2 cm³/mol. The molecular weight excluding hydrogens is 293 g/mol. The van der Waals surface area contributed by atoms with E-state index in [9.17, 15) is 9.18 Å². The summed E-state index contributed by atoms with van der Waals surface area (Å²) in [6, 6.07) is 6.95. The van der Waals surface area contributed by atoms with Crippen molar-refractivity contribution < 1.29 is 9.18 Å². The highest BCUT2D eigenvalue weighted by Gasteiger charge is 2.18. The molecule has 4 nitrogen and oxygen atoms in total. The van der Waals surface area contributed by atoms with E-state index in [1.54, 1.807) is 6.07 Å². The van der Waals surface area contributed by atoms with Gasteiger partial charge >= 0.3 is 0 Å². The molecule has 0 saturated heterocycles. The molecule has 0 fully saturated rings. The Balaban J connectivity index is 2.21. The van der Waals surface area contributed by atoms with E-state index < -0.39 is 11.7 Å². The van der Waals surface area contributed by atoms with E-state index in [1.165, 1.54) is 13.1 Å². The second-order valence-electron chi connectivity index (χ2n) is 5.70. The molecule has 2 heterocycles. The molecule has 23 heavy (non-hydrogen) atoms. The number of aromatic nitrogens is 2. The molecule has 118 valence electrons. The molecule has 2 aromatic heterocycles. The van der Waals surface area contributed by atoms with Crippen LogP contribution in [0.25, 0.3) is 16.9 Å². The summed E-state index contributed by atoms with van der Waals surface area (Å²) in [5.74, 6) is -0.975. The first-order valence-corrected chi connectivity index (χ1v) is 7.40. The lowest BCUT2D eigenvalue weighted by molar-refractivity contribution is 0.0959. The Hall–Kier alpha value is -2.69. The monoisotopic (exact) mass is 311 g/mol. The Kier molecular flexibility index (Phi) is 3.64. The molecule has 1 aromatic carbocycles. The number of benzene rings is 1. The zero-order chi connectivity index (χ0) is 16.7. The first-order chi connectivity index (χ1) is 10.9. The molecule has 0 aliphatic carbocycles. The first-order valence-electron chi connectivity index (χ1n) is 7.40. The maximum absolute atomic E-state index is 14.3. The Morgan fingerprint density at radius 2 is 1.96 bits per heavy atom. The predicted octanol–water partition coefficient (Wildman–Crippen LogP) is 3.43. The number of rotatable bonds is 2. The van der Waals surface area contributed by atoms with Crippen molar-refractivity contribution in [1.82, 2.24) is 14.7 Å². The van der Waals surface area contributed by atoms with Gasteiger partial charge in [-0.3, -0.25) is 4.79 Å². The van der Waals surface area contributed by atoms with Crippen LogP contribution >= 0.6 is 0 Å². The molecule has 3 rings (SSSR count). The van der Waals surface area contributed by atoms with Crippen molar-refractivity contribution in [2.75, 3.05) is 7.05 Å². The second-order valence-corrected chi connectivity index (χ2v) is 5.70. The van der Waals surface area contributed by atoms with Crippen LogP contribution in [0.5, 0.6) is 0 Å². The molecule has 1 N–H and O–H groups in total. The minimum atomic E-state index is -0.544. The molecule has 0 aliphatic heterocycles. The number of fused-ring (bicyclic) bond motifs is 1. The van der Waals surface area contributed by atoms with Crippen molar-refractivity contribution in [3.63, 3.8) is 0 Å². The van der Waals surface area contributed by atoms with E-state index in [2.05, 4.69) is 10.3 Å². The molecule has 0 spiro atoms. The minimum absolute atomic E-state index is 0.0472. The molecule has 0 bridgehead atoms. The number of hydrogen-bond acceptors (Lipinski definition) is 2. The number of amides is 1. The summed E-state index contributed by atoms with van der Waals surface area (Å²) in [4.78, 5) is 16.3. The summed E-state index contributed by atoms with van der Waals surface area (Å²) in [7, 11) is 1.49. The van der Waals surface area contributed by atoms with Gasteiger partial charge in [0.05, 0.1) is 11.3 Å². The van der Waals surface area contributed by atoms with Crippen LogP contribution in [0.1, 0.15) is 27.2 Å². The number of halogens is 1. The van der Waals surface area contributed by atoms with Crippen molar-refractivity contribution in [3.8, 4) is 11.3 Å². The van der Waals surface area contributed by atoms with E-state index >= 15 is 0 Å². The van der Waals surface area contributed by atoms with Gasteiger partial charge in [-0.25, -0.2) is 9.37 Å². The number of nitrogens with one attached hydrogen (secondary N) is 1. The van der Waals surface area contributed by atoms with Crippen molar-refractivity contribution in [3.05, 3.63) is 58.7 Å². The highest BCUT2D eigenvalue weighted by molar-refractivity contribution is 5.95. The van der Waals surface area contributed by atoms with Crippen LogP contribution < -0.4 is 5.32 Å². The fourth-order valence-corrected chi connectivity index (χ4v) is 2.77. The number of nitrogens with zero attached hydrogens (tertiary/aromatic N) is 2. The summed E-state index contributed by atoms with van der Waals surface area (Å²) in [5.41, 5.74) is 5.18. The third-order valence-electron chi connectivity index (χ3n) is 4.06. The van der Waals surface area contributed by atoms with E-state index in [0.29, 0.717) is 5.56 Å². The molecular formula is C18H18FN3O. The van der Waals surface area contributed by atoms with Gasteiger partial charge in [-0.15, -0.1) is 0 Å². The van der Waals surface area contributed by atoms with E-state index in [-0.39, 0.29) is 5.56 Å². The summed E-state index contributed by atoms with van der Waals surface area (Å²) in [6.45, 7) is 5.82. The summed E-state index contributed by atoms with van der Waals surface area (Å²) < 4.78 is 16.3. The molecule has 5 heteroatoms. The summed E-state index contributed by atoms with van der Waals surface area (Å²) in [6.07, 6.45) is 1.96. The molecule has 3 aromatic rings. The van der Waals surface area contributed by atoms with Gasteiger partial charge in [0.2, 0.25) is 0 Å². The van der Waals surface area contributed by atoms with Crippen LogP contribution in [0.4, 0.5) is 4.39 Å². The zero-order valence-corrected chi connectivity index (χ0v) is 13.6. The highest BCUT2D eigenvalue weighted by atomic mass is 19.1. The van der Waals surface area contributed by atoms with Crippen LogP contribution in [0.15, 0.2) is 30.5 Å². The van der Waals surface area contributed by atoms with Crippen LogP contribution in [0.3, 0.4) is 0 Å². The lowest BCUT2D eigenvalue weighted by atomic mass is 10.0. The maximum atomic E-state index is 14.3. The molecule has 0 unspecified atom stereocenters. The number of hydrogen-bond donors (Lipinski definition) is 1. The van der Waals surface area contributed by atoms with Gasteiger partial charge in [-0.1, -0.05) is 0 Å². The largest absolute Gasteiger partial charge is 0.355 e. The normalized spacial score (nSPS) is 11.0. The molecule has 0 radical (unpaired) electrons. The van der Waals surface area contributed by atoms with Gasteiger partial charge in [0, 0.05) is 24.5 Å². The first kappa shape index (κ1) is 15.2. The number of pyridine rings is 1. The standard InChI is InChI=1S/C18H18FN3O/c1-10-5-6-22-12(3)17(21-16(22)7-10)13-9-15(19)14(8-11(13)2)18(23)20-4/h5-9H,1-4H3,(H,20,23). The van der Waals surface area contributed by atoms with Gasteiger partial charge in [0.25, 0.3) is 5.91 Å². The molecule has 0 saturated carbocycles. The number of imidazole rings is 1. The quantitative estimate of drug-likeness (QED) is 0.788. The van der Waals surface area contributed by atoms with Crippen LogP contribution in [-0.4, -0.2) is 22.3 Å². The van der Waals surface area contributed by atoms with Crippen LogP contribution in [0.2, 0.25) is 0 Å². The second kappa shape index (κ2) is 5.50. The van der Waals surface area contributed by atoms with Crippen molar-refractivity contribution in [1.29, 1.82) is 0 Å². The highest BCUT2D eigenvalue weighted by Crippen LogP contribution is 2.29. The molecule has 1 amide bonds. The van der Waals surface area contributed by atoms with Gasteiger partial charge in [0.15, 0.2) is 0 Å².